The molecule has 0 bridgehead atoms. The zero-order chi connectivity index (χ0) is 24.6. The SMILES string of the molecule is CC(C)(C(=O)NCC(F)(F)C(F)(F)F)C(=O)N[C@@H]1C(=O)NC2=CCCC=C2c2ccccc21. The van der Waals surface area contributed by atoms with E-state index in [9.17, 15) is 36.3 Å². The fourth-order valence-electron chi connectivity index (χ4n) is 3.46. The third-order valence-electron chi connectivity index (χ3n) is 5.53. The summed E-state index contributed by atoms with van der Waals surface area (Å²) in [5.74, 6) is -8.09. The second-order valence-electron chi connectivity index (χ2n) is 8.31. The maximum Gasteiger partial charge on any atom is 0.455 e. The number of amides is 3. The normalized spacial score (nSPS) is 18.6. The maximum absolute atomic E-state index is 13.2. The first-order chi connectivity index (χ1) is 15.3. The minimum atomic E-state index is -5.85. The monoisotopic (exact) mass is 471 g/mol. The molecular weight excluding hydrogens is 449 g/mol. The molecule has 2 aliphatic rings. The maximum atomic E-state index is 13.2. The molecule has 1 atom stereocenters. The van der Waals surface area contributed by atoms with Gasteiger partial charge in [0.15, 0.2) is 0 Å². The van der Waals surface area contributed by atoms with Gasteiger partial charge in [0.25, 0.3) is 5.91 Å². The molecule has 3 rings (SSSR count). The number of hydrogen-bond acceptors (Lipinski definition) is 3. The molecule has 1 aliphatic carbocycles. The molecule has 1 aromatic carbocycles. The Bertz CT molecular complexity index is 1040. The van der Waals surface area contributed by atoms with Crippen LogP contribution in [-0.2, 0) is 14.4 Å². The molecule has 0 fully saturated rings. The predicted molar refractivity (Wildman–Crippen MR) is 109 cm³/mol. The second-order valence-corrected chi connectivity index (χ2v) is 8.31. The molecular formula is C22H22F5N3O3. The van der Waals surface area contributed by atoms with Crippen LogP contribution in [0.2, 0.25) is 0 Å². The highest BCUT2D eigenvalue weighted by molar-refractivity contribution is 6.06. The molecule has 3 amide bonds. The van der Waals surface area contributed by atoms with E-state index in [0.717, 1.165) is 25.8 Å². The van der Waals surface area contributed by atoms with Crippen LogP contribution in [0.4, 0.5) is 22.0 Å². The van der Waals surface area contributed by atoms with E-state index in [1.54, 1.807) is 24.3 Å². The van der Waals surface area contributed by atoms with E-state index in [2.05, 4.69) is 10.6 Å². The van der Waals surface area contributed by atoms with Crippen molar-refractivity contribution in [1.29, 1.82) is 0 Å². The van der Waals surface area contributed by atoms with E-state index in [1.165, 1.54) is 5.32 Å². The van der Waals surface area contributed by atoms with Crippen molar-refractivity contribution < 1.29 is 36.3 Å². The number of carbonyl (C=O) groups excluding carboxylic acids is 3. The van der Waals surface area contributed by atoms with Crippen molar-refractivity contribution in [2.45, 2.75) is 44.8 Å². The van der Waals surface area contributed by atoms with Crippen molar-refractivity contribution in [3.63, 3.8) is 0 Å². The molecule has 1 aromatic rings. The molecule has 1 aliphatic heterocycles. The average molecular weight is 471 g/mol. The summed E-state index contributed by atoms with van der Waals surface area (Å²) in [6.45, 7) is 0.116. The van der Waals surface area contributed by atoms with Crippen molar-refractivity contribution in [3.05, 3.63) is 53.2 Å². The van der Waals surface area contributed by atoms with Crippen LogP contribution in [0.1, 0.15) is 43.9 Å². The van der Waals surface area contributed by atoms with Crippen LogP contribution >= 0.6 is 0 Å². The van der Waals surface area contributed by atoms with E-state index < -0.39 is 47.8 Å². The first-order valence-corrected chi connectivity index (χ1v) is 10.1. The van der Waals surface area contributed by atoms with Gasteiger partial charge in [-0.3, -0.25) is 14.4 Å². The largest absolute Gasteiger partial charge is 0.455 e. The molecule has 3 N–H and O–H groups in total. The average Bonchev–Trinajstić information content (AvgIpc) is 2.86. The highest BCUT2D eigenvalue weighted by atomic mass is 19.4. The fraction of sp³-hybridized carbons (Fsp3) is 0.409. The van der Waals surface area contributed by atoms with E-state index >= 15 is 0 Å². The summed E-state index contributed by atoms with van der Waals surface area (Å²) in [4.78, 5) is 38.1. The Morgan fingerprint density at radius 2 is 1.67 bits per heavy atom. The minimum absolute atomic E-state index is 0.458. The summed E-state index contributed by atoms with van der Waals surface area (Å²) in [5.41, 5.74) is 0.475. The van der Waals surface area contributed by atoms with Crippen LogP contribution in [0.25, 0.3) is 5.57 Å². The van der Waals surface area contributed by atoms with Gasteiger partial charge in [-0.2, -0.15) is 22.0 Å². The zero-order valence-electron chi connectivity index (χ0n) is 17.8. The topological polar surface area (TPSA) is 87.3 Å². The molecule has 0 aromatic heterocycles. The quantitative estimate of drug-likeness (QED) is 0.455. The Morgan fingerprint density at radius 1 is 1.03 bits per heavy atom. The van der Waals surface area contributed by atoms with Gasteiger partial charge in [0.2, 0.25) is 11.8 Å². The number of halogens is 5. The van der Waals surface area contributed by atoms with Crippen LogP contribution in [0.15, 0.2) is 42.1 Å². The second kappa shape index (κ2) is 8.60. The summed E-state index contributed by atoms with van der Waals surface area (Å²) in [6.07, 6.45) is -0.567. The Hall–Kier alpha value is -3.24. The zero-order valence-corrected chi connectivity index (χ0v) is 17.8. The van der Waals surface area contributed by atoms with Crippen molar-refractivity contribution in [3.8, 4) is 0 Å². The Morgan fingerprint density at radius 3 is 2.33 bits per heavy atom. The van der Waals surface area contributed by atoms with Crippen LogP contribution in [0.5, 0.6) is 0 Å². The number of benzene rings is 1. The lowest BCUT2D eigenvalue weighted by Crippen LogP contribution is -2.54. The highest BCUT2D eigenvalue weighted by Gasteiger charge is 2.57. The summed E-state index contributed by atoms with van der Waals surface area (Å²) in [7, 11) is 0. The van der Waals surface area contributed by atoms with Gasteiger partial charge in [0, 0.05) is 11.3 Å². The van der Waals surface area contributed by atoms with Gasteiger partial charge in [-0.25, -0.2) is 0 Å². The van der Waals surface area contributed by atoms with Gasteiger partial charge in [-0.15, -0.1) is 0 Å². The predicted octanol–water partition coefficient (Wildman–Crippen LogP) is 3.37. The number of allylic oxidation sites excluding steroid dienone is 3. The number of alkyl halides is 5. The van der Waals surface area contributed by atoms with Gasteiger partial charge >= 0.3 is 12.1 Å². The lowest BCUT2D eigenvalue weighted by Gasteiger charge is -2.27. The number of fused-ring (bicyclic) bond motifs is 3. The number of carbonyl (C=O) groups is 3. The summed E-state index contributed by atoms with van der Waals surface area (Å²) in [5, 5.41) is 6.67. The smallest absolute Gasteiger partial charge is 0.349 e. The van der Waals surface area contributed by atoms with Crippen molar-refractivity contribution >= 4 is 23.3 Å². The van der Waals surface area contributed by atoms with E-state index in [1.807, 2.05) is 12.2 Å². The standard InChI is InChI=1S/C22H22F5N3O3/c1-20(2,18(32)28-11-21(23,24)22(25,26)27)19(33)30-16-14-9-4-3-7-12(14)13-8-5-6-10-15(13)29-17(16)31/h3-4,7-10,16H,5-6,11H2,1-2H3,(H,28,32)(H,29,31)(H,30,33)/t16-/m0/s1. The molecule has 6 nitrogen and oxygen atoms in total. The van der Waals surface area contributed by atoms with Gasteiger partial charge in [0.05, 0.1) is 6.54 Å². The third kappa shape index (κ3) is 4.76. The Kier molecular flexibility index (Phi) is 6.36. The van der Waals surface area contributed by atoms with Crippen molar-refractivity contribution in [1.82, 2.24) is 16.0 Å². The molecule has 0 saturated carbocycles. The molecule has 178 valence electrons. The van der Waals surface area contributed by atoms with Crippen LogP contribution < -0.4 is 16.0 Å². The van der Waals surface area contributed by atoms with Crippen LogP contribution in [0, 0.1) is 5.41 Å². The van der Waals surface area contributed by atoms with Crippen molar-refractivity contribution in [2.75, 3.05) is 6.54 Å². The third-order valence-corrected chi connectivity index (χ3v) is 5.53. The number of hydrogen-bond donors (Lipinski definition) is 3. The highest BCUT2D eigenvalue weighted by Crippen LogP contribution is 2.36. The number of nitrogens with one attached hydrogen (secondary N) is 3. The Balaban J connectivity index is 1.82. The molecule has 0 unspecified atom stereocenters. The van der Waals surface area contributed by atoms with Gasteiger partial charge in [-0.1, -0.05) is 36.4 Å². The fourth-order valence-corrected chi connectivity index (χ4v) is 3.46. The summed E-state index contributed by atoms with van der Waals surface area (Å²) < 4.78 is 63.4. The van der Waals surface area contributed by atoms with Crippen LogP contribution in [-0.4, -0.2) is 36.4 Å². The summed E-state index contributed by atoms with van der Waals surface area (Å²) in [6, 6.07) is 5.62. The molecule has 11 heteroatoms. The Labute approximate surface area is 186 Å². The lowest BCUT2D eigenvalue weighted by atomic mass is 9.88. The first kappa shape index (κ1) is 24.4. The molecule has 0 radical (unpaired) electrons. The first-order valence-electron chi connectivity index (χ1n) is 10.1. The van der Waals surface area contributed by atoms with Gasteiger partial charge in [0.1, 0.15) is 11.5 Å². The van der Waals surface area contributed by atoms with Crippen molar-refractivity contribution in [2.24, 2.45) is 5.41 Å². The van der Waals surface area contributed by atoms with E-state index in [-0.39, 0.29) is 0 Å². The molecule has 0 saturated heterocycles. The van der Waals surface area contributed by atoms with Crippen LogP contribution in [0.3, 0.4) is 0 Å². The van der Waals surface area contributed by atoms with Gasteiger partial charge < -0.3 is 16.0 Å². The molecule has 1 heterocycles. The number of rotatable bonds is 5. The lowest BCUT2D eigenvalue weighted by molar-refractivity contribution is -0.278. The van der Waals surface area contributed by atoms with Gasteiger partial charge in [-0.05, 0) is 37.8 Å². The van der Waals surface area contributed by atoms with E-state index in [0.29, 0.717) is 23.2 Å². The summed E-state index contributed by atoms with van der Waals surface area (Å²) >= 11 is 0. The molecule has 33 heavy (non-hydrogen) atoms. The minimum Gasteiger partial charge on any atom is -0.349 e. The molecule has 0 spiro atoms. The van der Waals surface area contributed by atoms with E-state index in [4.69, 9.17) is 0 Å².